The number of nitrogens with one attached hydrogen (secondary N) is 1. The Labute approximate surface area is 145 Å². The molecule has 0 saturated carbocycles. The smallest absolute Gasteiger partial charge is 0.276 e. The molecule has 0 unspecified atom stereocenters. The molecule has 0 atom stereocenters. The molecule has 3 rings (SSSR count). The van der Waals surface area contributed by atoms with E-state index < -0.39 is 0 Å². The van der Waals surface area contributed by atoms with Crippen LogP contribution in [0.3, 0.4) is 0 Å². The summed E-state index contributed by atoms with van der Waals surface area (Å²) in [5, 5.41) is 7.03. The molecule has 126 valence electrons. The molecule has 1 aromatic heterocycles. The summed E-state index contributed by atoms with van der Waals surface area (Å²) in [5.41, 5.74) is 3.75. The van der Waals surface area contributed by atoms with Crippen molar-refractivity contribution in [1.82, 2.24) is 9.78 Å². The van der Waals surface area contributed by atoms with Crippen LogP contribution in [0.25, 0.3) is 0 Å². The van der Waals surface area contributed by atoms with E-state index in [1.165, 1.54) is 16.8 Å². The Balaban J connectivity index is 1.83. The van der Waals surface area contributed by atoms with Crippen molar-refractivity contribution in [3.05, 3.63) is 93.4 Å². The minimum atomic E-state index is -0.341. The van der Waals surface area contributed by atoms with Gasteiger partial charge in [-0.3, -0.25) is 9.59 Å². The second-order valence-electron chi connectivity index (χ2n) is 6.03. The lowest BCUT2D eigenvalue weighted by molar-refractivity contribution is 0.102. The van der Waals surface area contributed by atoms with Gasteiger partial charge in [-0.15, -0.1) is 0 Å². The molecule has 2 aromatic carbocycles. The molecular weight excluding hydrogens is 314 g/mol. The number of hydrogen-bond acceptors (Lipinski definition) is 3. The van der Waals surface area contributed by atoms with Gasteiger partial charge in [0.05, 0.1) is 6.54 Å². The van der Waals surface area contributed by atoms with Crippen LogP contribution in [0.5, 0.6) is 0 Å². The first-order chi connectivity index (χ1) is 12.0. The number of anilines is 1. The average Bonchev–Trinajstić information content (AvgIpc) is 2.57. The number of nitrogens with zero attached hydrogens (tertiary/aromatic N) is 2. The van der Waals surface area contributed by atoms with Gasteiger partial charge < -0.3 is 5.32 Å². The molecule has 0 aliphatic heterocycles. The van der Waals surface area contributed by atoms with Crippen LogP contribution in [0.15, 0.2) is 65.5 Å². The molecule has 0 aliphatic rings. The number of aromatic nitrogens is 2. The number of hydrogen-bond donors (Lipinski definition) is 1. The van der Waals surface area contributed by atoms with Crippen molar-refractivity contribution in [2.75, 3.05) is 5.32 Å². The molecule has 3 aromatic rings. The molecule has 0 bridgehead atoms. The molecule has 5 nitrogen and oxygen atoms in total. The largest absolute Gasteiger partial charge is 0.321 e. The number of rotatable bonds is 4. The molecule has 0 aliphatic carbocycles. The van der Waals surface area contributed by atoms with Gasteiger partial charge in [-0.1, -0.05) is 36.4 Å². The van der Waals surface area contributed by atoms with Crippen molar-refractivity contribution < 1.29 is 4.79 Å². The Morgan fingerprint density at radius 3 is 2.36 bits per heavy atom. The maximum absolute atomic E-state index is 12.5. The first kappa shape index (κ1) is 16.6. The van der Waals surface area contributed by atoms with Crippen molar-refractivity contribution in [3.63, 3.8) is 0 Å². The summed E-state index contributed by atoms with van der Waals surface area (Å²) in [7, 11) is 0. The standard InChI is InChI=1S/C20H19N3O2/c1-14-10-15(2)12-17(11-14)21-20(25)18-8-9-19(24)23(22-18)13-16-6-4-3-5-7-16/h3-12H,13H2,1-2H3,(H,21,25). The minimum Gasteiger partial charge on any atom is -0.321 e. The summed E-state index contributed by atoms with van der Waals surface area (Å²) in [4.78, 5) is 24.5. The molecular formula is C20H19N3O2. The number of benzene rings is 2. The predicted molar refractivity (Wildman–Crippen MR) is 97.9 cm³/mol. The molecule has 0 spiro atoms. The second kappa shape index (κ2) is 7.13. The predicted octanol–water partition coefficient (Wildman–Crippen LogP) is 3.16. The van der Waals surface area contributed by atoms with E-state index in [2.05, 4.69) is 10.4 Å². The fourth-order valence-electron chi connectivity index (χ4n) is 2.68. The van der Waals surface area contributed by atoms with Gasteiger partial charge >= 0.3 is 0 Å². The van der Waals surface area contributed by atoms with Crippen molar-refractivity contribution in [3.8, 4) is 0 Å². The third-order valence-electron chi connectivity index (χ3n) is 3.75. The van der Waals surface area contributed by atoms with E-state index in [0.717, 1.165) is 16.7 Å². The van der Waals surface area contributed by atoms with Gasteiger partial charge in [0.15, 0.2) is 0 Å². The maximum atomic E-state index is 12.5. The molecule has 1 heterocycles. The summed E-state index contributed by atoms with van der Waals surface area (Å²) in [6.07, 6.45) is 0. The Morgan fingerprint density at radius 1 is 1.00 bits per heavy atom. The molecule has 1 N–H and O–H groups in total. The van der Waals surface area contributed by atoms with Crippen LogP contribution in [0.2, 0.25) is 0 Å². The van der Waals surface area contributed by atoms with Gasteiger partial charge in [0.25, 0.3) is 11.5 Å². The van der Waals surface area contributed by atoms with Crippen LogP contribution >= 0.6 is 0 Å². The Kier molecular flexibility index (Phi) is 4.75. The molecule has 5 heteroatoms. The van der Waals surface area contributed by atoms with Crippen LogP contribution in [0, 0.1) is 13.8 Å². The number of carbonyl (C=O) groups is 1. The zero-order chi connectivity index (χ0) is 17.8. The zero-order valence-electron chi connectivity index (χ0n) is 14.2. The van der Waals surface area contributed by atoms with Crippen molar-refractivity contribution in [1.29, 1.82) is 0 Å². The number of aryl methyl sites for hydroxylation is 2. The van der Waals surface area contributed by atoms with Crippen LogP contribution in [-0.4, -0.2) is 15.7 Å². The fourth-order valence-corrected chi connectivity index (χ4v) is 2.68. The first-order valence-electron chi connectivity index (χ1n) is 8.03. The Hall–Kier alpha value is -3.21. The lowest BCUT2D eigenvalue weighted by Gasteiger charge is -2.09. The SMILES string of the molecule is Cc1cc(C)cc(NC(=O)c2ccc(=O)n(Cc3ccccc3)n2)c1. The summed E-state index contributed by atoms with van der Waals surface area (Å²) in [5.74, 6) is -0.341. The summed E-state index contributed by atoms with van der Waals surface area (Å²) in [6, 6.07) is 18.2. The van der Waals surface area contributed by atoms with E-state index in [1.54, 1.807) is 0 Å². The molecule has 0 radical (unpaired) electrons. The monoisotopic (exact) mass is 333 g/mol. The molecule has 1 amide bonds. The summed E-state index contributed by atoms with van der Waals surface area (Å²) in [6.45, 7) is 4.27. The minimum absolute atomic E-state index is 0.203. The third-order valence-corrected chi connectivity index (χ3v) is 3.75. The normalized spacial score (nSPS) is 10.5. The highest BCUT2D eigenvalue weighted by Gasteiger charge is 2.11. The third kappa shape index (κ3) is 4.20. The quantitative estimate of drug-likeness (QED) is 0.798. The average molecular weight is 333 g/mol. The van der Waals surface area contributed by atoms with Crippen molar-refractivity contribution in [2.45, 2.75) is 20.4 Å². The van der Waals surface area contributed by atoms with Crippen molar-refractivity contribution >= 4 is 11.6 Å². The summed E-state index contributed by atoms with van der Waals surface area (Å²) < 4.78 is 1.30. The van der Waals surface area contributed by atoms with Gasteiger partial charge in [0, 0.05) is 11.8 Å². The highest BCUT2D eigenvalue weighted by atomic mass is 16.2. The van der Waals surface area contributed by atoms with Crippen LogP contribution < -0.4 is 10.9 Å². The van der Waals surface area contributed by atoms with Crippen LogP contribution in [0.1, 0.15) is 27.2 Å². The lowest BCUT2D eigenvalue weighted by atomic mass is 10.1. The molecule has 0 saturated heterocycles. The topological polar surface area (TPSA) is 64.0 Å². The van der Waals surface area contributed by atoms with Crippen molar-refractivity contribution in [2.24, 2.45) is 0 Å². The van der Waals surface area contributed by atoms with E-state index in [0.29, 0.717) is 12.2 Å². The van der Waals surface area contributed by atoms with Gasteiger partial charge in [-0.2, -0.15) is 5.10 Å². The van der Waals surface area contributed by atoms with E-state index in [-0.39, 0.29) is 17.2 Å². The highest BCUT2D eigenvalue weighted by molar-refractivity contribution is 6.02. The number of carbonyl (C=O) groups excluding carboxylic acids is 1. The second-order valence-corrected chi connectivity index (χ2v) is 6.03. The van der Waals surface area contributed by atoms with Gasteiger partial charge in [-0.05, 0) is 48.7 Å². The van der Waals surface area contributed by atoms with Gasteiger partial charge in [0.2, 0.25) is 0 Å². The van der Waals surface area contributed by atoms with E-state index in [1.807, 2.05) is 62.4 Å². The lowest BCUT2D eigenvalue weighted by Crippen LogP contribution is -2.26. The van der Waals surface area contributed by atoms with Crippen LogP contribution in [-0.2, 0) is 6.54 Å². The van der Waals surface area contributed by atoms with E-state index in [9.17, 15) is 9.59 Å². The molecule has 25 heavy (non-hydrogen) atoms. The van der Waals surface area contributed by atoms with E-state index in [4.69, 9.17) is 0 Å². The Morgan fingerprint density at radius 2 is 1.68 bits per heavy atom. The van der Waals surface area contributed by atoms with Crippen LogP contribution in [0.4, 0.5) is 5.69 Å². The first-order valence-corrected chi connectivity index (χ1v) is 8.03. The fraction of sp³-hybridized carbons (Fsp3) is 0.150. The van der Waals surface area contributed by atoms with Gasteiger partial charge in [0.1, 0.15) is 5.69 Å². The molecule has 0 fully saturated rings. The highest BCUT2D eigenvalue weighted by Crippen LogP contribution is 2.14. The zero-order valence-corrected chi connectivity index (χ0v) is 14.2. The maximum Gasteiger partial charge on any atom is 0.276 e. The summed E-state index contributed by atoms with van der Waals surface area (Å²) >= 11 is 0. The van der Waals surface area contributed by atoms with E-state index >= 15 is 0 Å². The number of amides is 1. The van der Waals surface area contributed by atoms with Gasteiger partial charge in [-0.25, -0.2) is 4.68 Å². The Bertz CT molecular complexity index is 942.